The largest absolute Gasteiger partial charge is 0.469 e. The van der Waals surface area contributed by atoms with E-state index in [1.165, 1.54) is 7.11 Å². The molecule has 4 heteroatoms. The third-order valence-electron chi connectivity index (χ3n) is 3.87. The van der Waals surface area contributed by atoms with E-state index in [1.54, 1.807) is 6.20 Å². The molecular formula is C19H18N2O2. The number of hydrogen-bond donors (Lipinski definition) is 1. The van der Waals surface area contributed by atoms with E-state index in [2.05, 4.69) is 4.98 Å². The zero-order valence-corrected chi connectivity index (χ0v) is 13.0. The number of carbonyl (C=O) groups is 1. The number of methoxy groups -OCH3 is 1. The molecule has 0 aliphatic heterocycles. The summed E-state index contributed by atoms with van der Waals surface area (Å²) in [5, 5.41) is 2.10. The van der Waals surface area contributed by atoms with Crippen LogP contribution in [0.4, 0.5) is 5.69 Å². The molecule has 2 N–H and O–H groups in total. The predicted octanol–water partition coefficient (Wildman–Crippen LogP) is 3.12. The third-order valence-corrected chi connectivity index (χ3v) is 3.87. The van der Waals surface area contributed by atoms with Crippen molar-refractivity contribution in [2.45, 2.75) is 12.8 Å². The molecule has 3 aromatic rings. The van der Waals surface area contributed by atoms with Crippen molar-refractivity contribution in [1.29, 1.82) is 0 Å². The lowest BCUT2D eigenvalue weighted by atomic mass is 9.99. The topological polar surface area (TPSA) is 65.2 Å². The van der Waals surface area contributed by atoms with Crippen LogP contribution in [0, 0.1) is 0 Å². The van der Waals surface area contributed by atoms with Gasteiger partial charge in [0.15, 0.2) is 0 Å². The van der Waals surface area contributed by atoms with Crippen molar-refractivity contribution in [2.75, 3.05) is 12.8 Å². The second-order valence-electron chi connectivity index (χ2n) is 5.45. The van der Waals surface area contributed by atoms with Crippen LogP contribution in [0.5, 0.6) is 0 Å². The van der Waals surface area contributed by atoms with Gasteiger partial charge in [0.25, 0.3) is 0 Å². The summed E-state index contributed by atoms with van der Waals surface area (Å²) in [6.07, 6.45) is 2.72. The van der Waals surface area contributed by atoms with E-state index in [4.69, 9.17) is 10.5 Å². The number of anilines is 1. The molecule has 0 radical (unpaired) electrons. The summed E-state index contributed by atoms with van der Waals surface area (Å²) in [4.78, 5) is 16.1. The summed E-state index contributed by atoms with van der Waals surface area (Å²) in [6.45, 7) is 0. The fourth-order valence-electron chi connectivity index (χ4n) is 2.65. The first-order chi connectivity index (χ1) is 11.2. The van der Waals surface area contributed by atoms with Crippen molar-refractivity contribution in [3.8, 4) is 0 Å². The van der Waals surface area contributed by atoms with Gasteiger partial charge in [0.2, 0.25) is 0 Å². The van der Waals surface area contributed by atoms with Crippen molar-refractivity contribution in [2.24, 2.45) is 0 Å². The molecule has 0 saturated heterocycles. The normalized spacial score (nSPS) is 10.7. The quantitative estimate of drug-likeness (QED) is 0.594. The molecule has 1 heterocycles. The fourth-order valence-corrected chi connectivity index (χ4v) is 2.65. The van der Waals surface area contributed by atoms with Gasteiger partial charge in [-0.05, 0) is 28.6 Å². The number of ether oxygens (including phenoxy) is 1. The first-order valence-electron chi connectivity index (χ1n) is 7.44. The number of hydrogen-bond acceptors (Lipinski definition) is 4. The third kappa shape index (κ3) is 3.31. The molecule has 116 valence electrons. The van der Waals surface area contributed by atoms with Crippen LogP contribution < -0.4 is 5.73 Å². The minimum atomic E-state index is -0.261. The molecule has 0 aliphatic rings. The SMILES string of the molecule is COC(=O)Cc1cnc(Cc2ccc(N)cc2)c2ccccc12. The summed E-state index contributed by atoms with van der Waals surface area (Å²) < 4.78 is 4.76. The molecule has 3 rings (SSSR count). The van der Waals surface area contributed by atoms with Gasteiger partial charge >= 0.3 is 5.97 Å². The second kappa shape index (κ2) is 6.48. The van der Waals surface area contributed by atoms with Gasteiger partial charge in [0.1, 0.15) is 0 Å². The molecule has 23 heavy (non-hydrogen) atoms. The summed E-state index contributed by atoms with van der Waals surface area (Å²) in [6, 6.07) is 15.8. The van der Waals surface area contributed by atoms with Crippen LogP contribution in [0.15, 0.2) is 54.7 Å². The second-order valence-corrected chi connectivity index (χ2v) is 5.45. The average molecular weight is 306 g/mol. The van der Waals surface area contributed by atoms with Gasteiger partial charge < -0.3 is 10.5 Å². The van der Waals surface area contributed by atoms with E-state index >= 15 is 0 Å². The number of aromatic nitrogens is 1. The van der Waals surface area contributed by atoms with Crippen LogP contribution in [0.25, 0.3) is 10.8 Å². The number of benzene rings is 2. The van der Waals surface area contributed by atoms with Crippen molar-refractivity contribution >= 4 is 22.4 Å². The Labute approximate surface area is 134 Å². The van der Waals surface area contributed by atoms with Gasteiger partial charge in [-0.3, -0.25) is 9.78 Å². The van der Waals surface area contributed by atoms with E-state index in [0.717, 1.165) is 39.7 Å². The molecule has 0 fully saturated rings. The number of fused-ring (bicyclic) bond motifs is 1. The van der Waals surface area contributed by atoms with Gasteiger partial charge in [-0.15, -0.1) is 0 Å². The maximum Gasteiger partial charge on any atom is 0.310 e. The summed E-state index contributed by atoms with van der Waals surface area (Å²) in [5.74, 6) is -0.261. The maximum atomic E-state index is 11.6. The Hall–Kier alpha value is -2.88. The number of pyridine rings is 1. The number of nitrogens with zero attached hydrogens (tertiary/aromatic N) is 1. The molecule has 0 bridgehead atoms. The minimum absolute atomic E-state index is 0.228. The molecule has 0 spiro atoms. The minimum Gasteiger partial charge on any atom is -0.469 e. The van der Waals surface area contributed by atoms with Crippen molar-refractivity contribution in [1.82, 2.24) is 4.98 Å². The number of rotatable bonds is 4. The Morgan fingerprint density at radius 2 is 1.78 bits per heavy atom. The van der Waals surface area contributed by atoms with Gasteiger partial charge in [-0.25, -0.2) is 0 Å². The van der Waals surface area contributed by atoms with Crippen LogP contribution in [-0.2, 0) is 22.4 Å². The molecule has 0 saturated carbocycles. The van der Waals surface area contributed by atoms with Gasteiger partial charge in [0, 0.05) is 23.7 Å². The highest BCUT2D eigenvalue weighted by Crippen LogP contribution is 2.23. The smallest absolute Gasteiger partial charge is 0.310 e. The first kappa shape index (κ1) is 15.0. The van der Waals surface area contributed by atoms with Gasteiger partial charge in [0.05, 0.1) is 19.2 Å². The standard InChI is InChI=1S/C19H18N2O2/c1-23-19(22)11-14-12-21-18(17-5-3-2-4-16(14)17)10-13-6-8-15(20)9-7-13/h2-9,12H,10-11,20H2,1H3. The molecule has 0 aliphatic carbocycles. The Balaban J connectivity index is 2.00. The highest BCUT2D eigenvalue weighted by atomic mass is 16.5. The van der Waals surface area contributed by atoms with Gasteiger partial charge in [-0.1, -0.05) is 36.4 Å². The molecule has 4 nitrogen and oxygen atoms in total. The summed E-state index contributed by atoms with van der Waals surface area (Å²) in [5.41, 5.74) is 9.50. The number of nitrogen functional groups attached to an aromatic ring is 1. The lowest BCUT2D eigenvalue weighted by Crippen LogP contribution is -2.06. The van der Waals surface area contributed by atoms with Crippen LogP contribution in [0.1, 0.15) is 16.8 Å². The zero-order chi connectivity index (χ0) is 16.2. The van der Waals surface area contributed by atoms with Crippen molar-refractivity contribution < 1.29 is 9.53 Å². The Morgan fingerprint density at radius 1 is 1.09 bits per heavy atom. The molecular weight excluding hydrogens is 288 g/mol. The van der Waals surface area contributed by atoms with E-state index in [0.29, 0.717) is 0 Å². The van der Waals surface area contributed by atoms with E-state index in [1.807, 2.05) is 48.5 Å². The van der Waals surface area contributed by atoms with Gasteiger partial charge in [-0.2, -0.15) is 0 Å². The van der Waals surface area contributed by atoms with Crippen LogP contribution in [0.2, 0.25) is 0 Å². The van der Waals surface area contributed by atoms with E-state index < -0.39 is 0 Å². The average Bonchev–Trinajstić information content (AvgIpc) is 2.59. The lowest BCUT2D eigenvalue weighted by molar-refractivity contribution is -0.139. The van der Waals surface area contributed by atoms with Crippen LogP contribution in [-0.4, -0.2) is 18.1 Å². The van der Waals surface area contributed by atoms with E-state index in [-0.39, 0.29) is 12.4 Å². The zero-order valence-electron chi connectivity index (χ0n) is 13.0. The number of nitrogens with two attached hydrogens (primary N) is 1. The first-order valence-corrected chi connectivity index (χ1v) is 7.44. The van der Waals surface area contributed by atoms with Crippen molar-refractivity contribution in [3.63, 3.8) is 0 Å². The molecule has 0 unspecified atom stereocenters. The molecule has 1 aromatic heterocycles. The molecule has 0 amide bonds. The molecule has 2 aromatic carbocycles. The monoisotopic (exact) mass is 306 g/mol. The van der Waals surface area contributed by atoms with Crippen molar-refractivity contribution in [3.05, 3.63) is 71.5 Å². The van der Waals surface area contributed by atoms with Crippen LogP contribution in [0.3, 0.4) is 0 Å². The Kier molecular flexibility index (Phi) is 4.24. The number of esters is 1. The summed E-state index contributed by atoms with van der Waals surface area (Å²) in [7, 11) is 1.40. The highest BCUT2D eigenvalue weighted by Gasteiger charge is 2.11. The predicted molar refractivity (Wildman–Crippen MR) is 91.1 cm³/mol. The summed E-state index contributed by atoms with van der Waals surface area (Å²) >= 11 is 0. The number of carbonyl (C=O) groups excluding carboxylic acids is 1. The highest BCUT2D eigenvalue weighted by molar-refractivity contribution is 5.90. The maximum absolute atomic E-state index is 11.6. The van der Waals surface area contributed by atoms with Crippen LogP contribution >= 0.6 is 0 Å². The Morgan fingerprint density at radius 3 is 2.48 bits per heavy atom. The lowest BCUT2D eigenvalue weighted by Gasteiger charge is -2.10. The molecule has 0 atom stereocenters. The van der Waals surface area contributed by atoms with E-state index in [9.17, 15) is 4.79 Å². The fraction of sp³-hybridized carbons (Fsp3) is 0.158. The Bertz CT molecular complexity index is 842.